The Morgan fingerprint density at radius 2 is 2.11 bits per heavy atom. The van der Waals surface area contributed by atoms with Gasteiger partial charge in [0.25, 0.3) is 5.91 Å². The van der Waals surface area contributed by atoms with Gasteiger partial charge in [-0.3, -0.25) is 4.79 Å². The first-order valence-electron chi connectivity index (χ1n) is 6.89. The highest BCUT2D eigenvalue weighted by Crippen LogP contribution is 2.30. The van der Waals surface area contributed by atoms with Crippen molar-refractivity contribution in [1.29, 1.82) is 0 Å². The van der Waals surface area contributed by atoms with Gasteiger partial charge in [-0.15, -0.1) is 0 Å². The fourth-order valence-corrected chi connectivity index (χ4v) is 2.58. The maximum Gasteiger partial charge on any atom is 0.257 e. The van der Waals surface area contributed by atoms with Crippen LogP contribution < -0.4 is 0 Å². The van der Waals surface area contributed by atoms with Gasteiger partial charge in [0.05, 0.1) is 12.2 Å². The summed E-state index contributed by atoms with van der Waals surface area (Å²) in [6, 6.07) is 6.53. The van der Waals surface area contributed by atoms with E-state index in [4.69, 9.17) is 4.74 Å². The summed E-state index contributed by atoms with van der Waals surface area (Å²) in [5, 5.41) is 0. The van der Waals surface area contributed by atoms with E-state index in [1.807, 2.05) is 4.90 Å². The van der Waals surface area contributed by atoms with Crippen molar-refractivity contribution >= 4 is 5.91 Å². The highest BCUT2D eigenvalue weighted by molar-refractivity contribution is 5.94. The van der Waals surface area contributed by atoms with Crippen LogP contribution in [0.2, 0.25) is 0 Å². The highest BCUT2D eigenvalue weighted by atomic mass is 19.1. The Bertz CT molecular complexity index is 467. The minimum atomic E-state index is -0.430. The van der Waals surface area contributed by atoms with Crippen LogP contribution in [0.15, 0.2) is 24.3 Å². The van der Waals surface area contributed by atoms with Gasteiger partial charge in [0, 0.05) is 25.1 Å². The van der Waals surface area contributed by atoms with Crippen molar-refractivity contribution < 1.29 is 13.9 Å². The molecule has 0 N–H and O–H groups in total. The molecule has 1 saturated heterocycles. The topological polar surface area (TPSA) is 29.5 Å². The standard InChI is InChI=1S/C15H18FNO2/c16-14-4-2-1-3-13(14)15(18)17(12-5-6-12)9-11-7-8-19-10-11/h1-4,11-12H,5-10H2/t11-/m0/s1. The Kier molecular flexibility index (Phi) is 3.51. The lowest BCUT2D eigenvalue weighted by Gasteiger charge is -2.25. The molecule has 0 aromatic heterocycles. The molecule has 2 aliphatic rings. The number of carbonyl (C=O) groups is 1. The fourth-order valence-electron chi connectivity index (χ4n) is 2.58. The van der Waals surface area contributed by atoms with E-state index >= 15 is 0 Å². The van der Waals surface area contributed by atoms with Crippen LogP contribution in [0, 0.1) is 11.7 Å². The van der Waals surface area contributed by atoms with Gasteiger partial charge in [0.15, 0.2) is 0 Å². The Morgan fingerprint density at radius 1 is 1.32 bits per heavy atom. The van der Waals surface area contributed by atoms with Crippen molar-refractivity contribution in [2.75, 3.05) is 19.8 Å². The third-order valence-electron chi connectivity index (χ3n) is 3.83. The molecule has 0 radical (unpaired) electrons. The number of halogens is 1. The normalized spacial score (nSPS) is 22.5. The van der Waals surface area contributed by atoms with Crippen molar-refractivity contribution in [3.8, 4) is 0 Å². The van der Waals surface area contributed by atoms with E-state index in [1.165, 1.54) is 6.07 Å². The predicted octanol–water partition coefficient (Wildman–Crippen LogP) is 2.47. The Hall–Kier alpha value is -1.42. The molecule has 2 fully saturated rings. The summed E-state index contributed by atoms with van der Waals surface area (Å²) in [6.45, 7) is 2.18. The van der Waals surface area contributed by atoms with Crippen LogP contribution >= 0.6 is 0 Å². The van der Waals surface area contributed by atoms with Crippen LogP contribution in [0.25, 0.3) is 0 Å². The first kappa shape index (κ1) is 12.6. The number of hydrogen-bond acceptors (Lipinski definition) is 2. The van der Waals surface area contributed by atoms with E-state index in [2.05, 4.69) is 0 Å². The molecular weight excluding hydrogens is 245 g/mol. The average molecular weight is 263 g/mol. The minimum absolute atomic E-state index is 0.174. The van der Waals surface area contributed by atoms with Crippen LogP contribution in [0.4, 0.5) is 4.39 Å². The maximum absolute atomic E-state index is 13.7. The highest BCUT2D eigenvalue weighted by Gasteiger charge is 2.35. The summed E-state index contributed by atoms with van der Waals surface area (Å²) in [6.07, 6.45) is 3.06. The molecule has 3 nitrogen and oxygen atoms in total. The SMILES string of the molecule is O=C(c1ccccc1F)N(C[C@@H]1CCOC1)C1CC1. The number of amides is 1. The molecule has 1 amide bonds. The first-order chi connectivity index (χ1) is 9.25. The fraction of sp³-hybridized carbons (Fsp3) is 0.533. The molecule has 4 heteroatoms. The molecule has 1 saturated carbocycles. The molecule has 1 aliphatic carbocycles. The molecule has 1 aliphatic heterocycles. The molecular formula is C15H18FNO2. The molecule has 1 atom stereocenters. The largest absolute Gasteiger partial charge is 0.381 e. The van der Waals surface area contributed by atoms with E-state index in [9.17, 15) is 9.18 Å². The maximum atomic E-state index is 13.7. The number of rotatable bonds is 4. The zero-order chi connectivity index (χ0) is 13.2. The average Bonchev–Trinajstić information content (AvgIpc) is 3.13. The van der Waals surface area contributed by atoms with Crippen molar-refractivity contribution in [2.45, 2.75) is 25.3 Å². The van der Waals surface area contributed by atoms with Crippen molar-refractivity contribution in [3.63, 3.8) is 0 Å². The second-order valence-electron chi connectivity index (χ2n) is 5.40. The summed E-state index contributed by atoms with van der Waals surface area (Å²) in [5.74, 6) is -0.204. The quantitative estimate of drug-likeness (QED) is 0.835. The van der Waals surface area contributed by atoms with E-state index in [0.29, 0.717) is 25.1 Å². The van der Waals surface area contributed by atoms with Crippen molar-refractivity contribution in [2.24, 2.45) is 5.92 Å². The van der Waals surface area contributed by atoms with Gasteiger partial charge >= 0.3 is 0 Å². The van der Waals surface area contributed by atoms with Gasteiger partial charge in [-0.2, -0.15) is 0 Å². The lowest BCUT2D eigenvalue weighted by Crippen LogP contribution is -2.37. The van der Waals surface area contributed by atoms with Gasteiger partial charge in [0.1, 0.15) is 5.82 Å². The van der Waals surface area contributed by atoms with Crippen LogP contribution in [-0.4, -0.2) is 36.6 Å². The number of carbonyl (C=O) groups excluding carboxylic acids is 1. The molecule has 102 valence electrons. The Labute approximate surface area is 112 Å². The third kappa shape index (κ3) is 2.78. The van der Waals surface area contributed by atoms with Gasteiger partial charge in [-0.1, -0.05) is 12.1 Å². The smallest absolute Gasteiger partial charge is 0.257 e. The van der Waals surface area contributed by atoms with Crippen LogP contribution in [0.3, 0.4) is 0 Å². The molecule has 1 heterocycles. The van der Waals surface area contributed by atoms with Crippen molar-refractivity contribution in [3.05, 3.63) is 35.6 Å². The second kappa shape index (κ2) is 5.29. The first-order valence-corrected chi connectivity index (χ1v) is 6.89. The summed E-state index contributed by atoms with van der Waals surface area (Å²) in [4.78, 5) is 14.3. The molecule has 3 rings (SSSR count). The summed E-state index contributed by atoms with van der Waals surface area (Å²) in [5.41, 5.74) is 0.188. The van der Waals surface area contributed by atoms with E-state index in [-0.39, 0.29) is 11.5 Å². The van der Waals surface area contributed by atoms with Gasteiger partial charge in [-0.25, -0.2) is 4.39 Å². The molecule has 0 unspecified atom stereocenters. The molecule has 19 heavy (non-hydrogen) atoms. The zero-order valence-corrected chi connectivity index (χ0v) is 10.8. The molecule has 1 aromatic carbocycles. The Morgan fingerprint density at radius 3 is 2.74 bits per heavy atom. The van der Waals surface area contributed by atoms with E-state index in [1.54, 1.807) is 18.2 Å². The van der Waals surface area contributed by atoms with E-state index in [0.717, 1.165) is 25.9 Å². The monoisotopic (exact) mass is 263 g/mol. The lowest BCUT2D eigenvalue weighted by molar-refractivity contribution is 0.0701. The Balaban J connectivity index is 1.76. The lowest BCUT2D eigenvalue weighted by atomic mass is 10.1. The van der Waals surface area contributed by atoms with Gasteiger partial charge in [0.2, 0.25) is 0 Å². The number of benzene rings is 1. The minimum Gasteiger partial charge on any atom is -0.381 e. The summed E-state index contributed by atoms with van der Waals surface area (Å²) in [7, 11) is 0. The number of hydrogen-bond donors (Lipinski definition) is 0. The second-order valence-corrected chi connectivity index (χ2v) is 5.40. The van der Waals surface area contributed by atoms with Gasteiger partial charge < -0.3 is 9.64 Å². The predicted molar refractivity (Wildman–Crippen MR) is 69.4 cm³/mol. The van der Waals surface area contributed by atoms with Crippen LogP contribution in [0.5, 0.6) is 0 Å². The third-order valence-corrected chi connectivity index (χ3v) is 3.83. The summed E-state index contributed by atoms with van der Waals surface area (Å²) < 4.78 is 19.1. The molecule has 1 aromatic rings. The zero-order valence-electron chi connectivity index (χ0n) is 10.8. The summed E-state index contributed by atoms with van der Waals surface area (Å²) >= 11 is 0. The molecule has 0 spiro atoms. The van der Waals surface area contributed by atoms with Crippen LogP contribution in [0.1, 0.15) is 29.6 Å². The number of ether oxygens (including phenoxy) is 1. The van der Waals surface area contributed by atoms with Gasteiger partial charge in [-0.05, 0) is 31.4 Å². The van der Waals surface area contributed by atoms with Crippen LogP contribution in [-0.2, 0) is 4.74 Å². The van der Waals surface area contributed by atoms with E-state index < -0.39 is 5.82 Å². The molecule has 0 bridgehead atoms. The van der Waals surface area contributed by atoms with Crippen molar-refractivity contribution in [1.82, 2.24) is 4.90 Å². The number of nitrogens with zero attached hydrogens (tertiary/aromatic N) is 1.